The molecule has 0 heterocycles. The minimum Gasteiger partial charge on any atom is -0.508 e. The molecule has 4 heteroatoms. The van der Waals surface area contributed by atoms with E-state index in [9.17, 15) is 5.11 Å². The summed E-state index contributed by atoms with van der Waals surface area (Å²) in [5, 5.41) is 9.32. The maximum Gasteiger partial charge on any atom is 0.133 e. The Kier molecular flexibility index (Phi) is 4.10. The summed E-state index contributed by atoms with van der Waals surface area (Å²) in [4.78, 5) is 0. The zero-order valence-corrected chi connectivity index (χ0v) is 11.5. The molecule has 0 spiro atoms. The van der Waals surface area contributed by atoms with E-state index in [1.165, 1.54) is 0 Å². The molecule has 3 nitrogen and oxygen atoms in total. The molecule has 2 aromatic rings. The molecule has 0 fully saturated rings. The van der Waals surface area contributed by atoms with Crippen LogP contribution in [0.1, 0.15) is 5.56 Å². The fraction of sp³-hybridized carbons (Fsp3) is 0.143. The standard InChI is InChI=1S/C14H13BrO3/c1-17-14-7-10(5-6-13(14)15)9-18-12-4-2-3-11(16)8-12/h2-8,16H,9H2,1H3. The molecule has 0 radical (unpaired) electrons. The first-order chi connectivity index (χ1) is 8.69. The van der Waals surface area contributed by atoms with Crippen LogP contribution in [-0.2, 0) is 6.61 Å². The fourth-order valence-electron chi connectivity index (χ4n) is 1.53. The number of hydrogen-bond acceptors (Lipinski definition) is 3. The molecule has 0 aliphatic carbocycles. The van der Waals surface area contributed by atoms with E-state index in [0.717, 1.165) is 15.8 Å². The van der Waals surface area contributed by atoms with Gasteiger partial charge >= 0.3 is 0 Å². The molecular weight excluding hydrogens is 296 g/mol. The van der Waals surface area contributed by atoms with E-state index in [0.29, 0.717) is 12.4 Å². The van der Waals surface area contributed by atoms with Gasteiger partial charge in [-0.3, -0.25) is 0 Å². The Bertz CT molecular complexity index is 540. The van der Waals surface area contributed by atoms with E-state index in [-0.39, 0.29) is 5.75 Å². The van der Waals surface area contributed by atoms with Gasteiger partial charge in [-0.1, -0.05) is 12.1 Å². The lowest BCUT2D eigenvalue weighted by Gasteiger charge is -2.09. The van der Waals surface area contributed by atoms with E-state index in [1.807, 2.05) is 18.2 Å². The molecule has 0 bridgehead atoms. The predicted molar refractivity (Wildman–Crippen MR) is 73.1 cm³/mol. The van der Waals surface area contributed by atoms with Crippen LogP contribution in [0.25, 0.3) is 0 Å². The van der Waals surface area contributed by atoms with Crippen LogP contribution in [-0.4, -0.2) is 12.2 Å². The predicted octanol–water partition coefficient (Wildman–Crippen LogP) is 3.74. The molecule has 0 aliphatic heterocycles. The summed E-state index contributed by atoms with van der Waals surface area (Å²) >= 11 is 3.40. The van der Waals surface area contributed by atoms with Gasteiger partial charge < -0.3 is 14.6 Å². The molecule has 2 aromatic carbocycles. The number of halogens is 1. The van der Waals surface area contributed by atoms with Crippen molar-refractivity contribution in [2.24, 2.45) is 0 Å². The molecule has 18 heavy (non-hydrogen) atoms. The van der Waals surface area contributed by atoms with Crippen molar-refractivity contribution in [3.63, 3.8) is 0 Å². The number of ether oxygens (including phenoxy) is 2. The first-order valence-corrected chi connectivity index (χ1v) is 6.22. The maximum atomic E-state index is 9.32. The van der Waals surface area contributed by atoms with Crippen LogP contribution in [0.2, 0.25) is 0 Å². The third-order valence-electron chi connectivity index (χ3n) is 2.44. The highest BCUT2D eigenvalue weighted by molar-refractivity contribution is 9.10. The van der Waals surface area contributed by atoms with Crippen LogP contribution in [0, 0.1) is 0 Å². The molecule has 0 saturated carbocycles. The van der Waals surface area contributed by atoms with Gasteiger partial charge in [0.1, 0.15) is 23.9 Å². The van der Waals surface area contributed by atoms with Crippen LogP contribution in [0.5, 0.6) is 17.2 Å². The SMILES string of the molecule is COc1cc(COc2cccc(O)c2)ccc1Br. The molecular formula is C14H13BrO3. The van der Waals surface area contributed by atoms with Crippen molar-refractivity contribution < 1.29 is 14.6 Å². The second kappa shape index (κ2) is 5.78. The highest BCUT2D eigenvalue weighted by atomic mass is 79.9. The van der Waals surface area contributed by atoms with Crippen LogP contribution >= 0.6 is 15.9 Å². The van der Waals surface area contributed by atoms with Crippen LogP contribution in [0.15, 0.2) is 46.9 Å². The Labute approximate surface area is 114 Å². The van der Waals surface area contributed by atoms with Crippen molar-refractivity contribution in [1.29, 1.82) is 0 Å². The summed E-state index contributed by atoms with van der Waals surface area (Å²) in [6.45, 7) is 0.424. The van der Waals surface area contributed by atoms with Gasteiger partial charge in [-0.2, -0.15) is 0 Å². The lowest BCUT2D eigenvalue weighted by molar-refractivity contribution is 0.303. The Balaban J connectivity index is 2.06. The van der Waals surface area contributed by atoms with Crippen molar-refractivity contribution in [2.75, 3.05) is 7.11 Å². The van der Waals surface area contributed by atoms with Gasteiger partial charge in [0.05, 0.1) is 11.6 Å². The van der Waals surface area contributed by atoms with Gasteiger partial charge in [0.15, 0.2) is 0 Å². The molecule has 0 aromatic heterocycles. The van der Waals surface area contributed by atoms with Crippen molar-refractivity contribution in [3.05, 3.63) is 52.5 Å². The Hall–Kier alpha value is -1.68. The zero-order valence-electron chi connectivity index (χ0n) is 9.89. The van der Waals surface area contributed by atoms with Gasteiger partial charge in [-0.25, -0.2) is 0 Å². The summed E-state index contributed by atoms with van der Waals surface area (Å²) in [5.41, 5.74) is 0.999. The molecule has 0 aliphatic rings. The second-order valence-electron chi connectivity index (χ2n) is 3.75. The van der Waals surface area contributed by atoms with E-state index in [1.54, 1.807) is 31.4 Å². The monoisotopic (exact) mass is 308 g/mol. The van der Waals surface area contributed by atoms with Gasteiger partial charge in [-0.05, 0) is 45.8 Å². The van der Waals surface area contributed by atoms with Crippen LogP contribution in [0.4, 0.5) is 0 Å². The van der Waals surface area contributed by atoms with Crippen LogP contribution in [0.3, 0.4) is 0 Å². The third-order valence-corrected chi connectivity index (χ3v) is 3.09. The average molecular weight is 309 g/mol. The average Bonchev–Trinajstić information content (AvgIpc) is 2.38. The second-order valence-corrected chi connectivity index (χ2v) is 4.61. The van der Waals surface area contributed by atoms with Gasteiger partial charge in [-0.15, -0.1) is 0 Å². The molecule has 0 amide bonds. The highest BCUT2D eigenvalue weighted by Crippen LogP contribution is 2.26. The Morgan fingerprint density at radius 3 is 2.72 bits per heavy atom. The smallest absolute Gasteiger partial charge is 0.133 e. The molecule has 0 saturated heterocycles. The van der Waals surface area contributed by atoms with E-state index in [4.69, 9.17) is 9.47 Å². The van der Waals surface area contributed by atoms with E-state index in [2.05, 4.69) is 15.9 Å². The number of benzene rings is 2. The van der Waals surface area contributed by atoms with Crippen LogP contribution < -0.4 is 9.47 Å². The van der Waals surface area contributed by atoms with E-state index < -0.39 is 0 Å². The summed E-state index contributed by atoms with van der Waals surface area (Å²) in [6.07, 6.45) is 0. The Morgan fingerprint density at radius 1 is 1.17 bits per heavy atom. The number of hydrogen-bond donors (Lipinski definition) is 1. The summed E-state index contributed by atoms with van der Waals surface area (Å²) in [7, 11) is 1.62. The molecule has 94 valence electrons. The van der Waals surface area contributed by atoms with Crippen molar-refractivity contribution in [3.8, 4) is 17.2 Å². The lowest BCUT2D eigenvalue weighted by Crippen LogP contribution is -1.96. The first kappa shape index (κ1) is 12.8. The summed E-state index contributed by atoms with van der Waals surface area (Å²) < 4.78 is 11.7. The van der Waals surface area contributed by atoms with Crippen molar-refractivity contribution >= 4 is 15.9 Å². The van der Waals surface area contributed by atoms with E-state index >= 15 is 0 Å². The largest absolute Gasteiger partial charge is 0.508 e. The van der Waals surface area contributed by atoms with Gasteiger partial charge in [0.25, 0.3) is 0 Å². The highest BCUT2D eigenvalue weighted by Gasteiger charge is 2.02. The molecule has 0 unspecified atom stereocenters. The van der Waals surface area contributed by atoms with Gasteiger partial charge in [0.2, 0.25) is 0 Å². The fourth-order valence-corrected chi connectivity index (χ4v) is 1.94. The quantitative estimate of drug-likeness (QED) is 0.935. The number of phenols is 1. The zero-order chi connectivity index (χ0) is 13.0. The summed E-state index contributed by atoms with van der Waals surface area (Å²) in [5.74, 6) is 1.60. The topological polar surface area (TPSA) is 38.7 Å². The number of methoxy groups -OCH3 is 1. The lowest BCUT2D eigenvalue weighted by atomic mass is 10.2. The first-order valence-electron chi connectivity index (χ1n) is 5.43. The summed E-state index contributed by atoms with van der Waals surface area (Å²) in [6, 6.07) is 12.5. The maximum absolute atomic E-state index is 9.32. The Morgan fingerprint density at radius 2 is 2.00 bits per heavy atom. The third kappa shape index (κ3) is 3.17. The number of aromatic hydroxyl groups is 1. The molecule has 2 rings (SSSR count). The minimum absolute atomic E-state index is 0.195. The van der Waals surface area contributed by atoms with Crippen molar-refractivity contribution in [2.45, 2.75) is 6.61 Å². The molecule has 0 atom stereocenters. The minimum atomic E-state index is 0.195. The number of phenolic OH excluding ortho intramolecular Hbond substituents is 1. The van der Waals surface area contributed by atoms with Gasteiger partial charge in [0, 0.05) is 6.07 Å². The normalized spacial score (nSPS) is 10.1. The molecule has 1 N–H and O–H groups in total. The van der Waals surface area contributed by atoms with Crippen molar-refractivity contribution in [1.82, 2.24) is 0 Å². The number of rotatable bonds is 4.